The highest BCUT2D eigenvalue weighted by molar-refractivity contribution is 5.74. The quantitative estimate of drug-likeness (QED) is 0.845. The minimum atomic E-state index is -0.329. The monoisotopic (exact) mass is 304 g/mol. The van der Waals surface area contributed by atoms with E-state index in [1.165, 1.54) is 5.69 Å². The number of anilines is 1. The molecule has 0 aromatic heterocycles. The van der Waals surface area contributed by atoms with Crippen LogP contribution >= 0.6 is 0 Å². The molecule has 1 aromatic rings. The maximum absolute atomic E-state index is 5.24. The van der Waals surface area contributed by atoms with Gasteiger partial charge in [0, 0.05) is 19.9 Å². The third-order valence-corrected chi connectivity index (χ3v) is 4.09. The second-order valence-electron chi connectivity index (χ2n) is 6.17. The van der Waals surface area contributed by atoms with Crippen LogP contribution in [0.3, 0.4) is 0 Å². The van der Waals surface area contributed by atoms with Gasteiger partial charge in [-0.1, -0.05) is 23.9 Å². The van der Waals surface area contributed by atoms with E-state index in [2.05, 4.69) is 46.6 Å². The van der Waals surface area contributed by atoms with Crippen LogP contribution in [0.5, 0.6) is 0 Å². The minimum absolute atomic E-state index is 0.329. The molecule has 0 saturated carbocycles. The van der Waals surface area contributed by atoms with E-state index in [1.807, 2.05) is 26.0 Å². The van der Waals surface area contributed by atoms with E-state index < -0.39 is 0 Å². The highest BCUT2D eigenvalue weighted by Crippen LogP contribution is 2.31. The van der Waals surface area contributed by atoms with Crippen molar-refractivity contribution in [1.82, 2.24) is 10.4 Å². The van der Waals surface area contributed by atoms with E-state index in [0.29, 0.717) is 5.90 Å². The molecule has 3 rings (SSSR count). The number of hydrogen-bond donors (Lipinski definition) is 2. The average molecular weight is 304 g/mol. The Labute approximate surface area is 131 Å². The maximum Gasteiger partial charge on any atom is 0.208 e. The third kappa shape index (κ3) is 3.01. The second kappa shape index (κ2) is 5.75. The molecule has 7 nitrogen and oxygen atoms in total. The minimum Gasteiger partial charge on any atom is -0.459 e. The Morgan fingerprint density at radius 2 is 2.23 bits per heavy atom. The molecule has 0 saturated heterocycles. The van der Waals surface area contributed by atoms with Crippen molar-refractivity contribution in [2.45, 2.75) is 25.9 Å². The number of quaternary nitrogens is 1. The smallest absolute Gasteiger partial charge is 0.208 e. The average Bonchev–Trinajstić information content (AvgIpc) is 2.99. The van der Waals surface area contributed by atoms with Gasteiger partial charge in [-0.25, -0.2) is 10.0 Å². The van der Waals surface area contributed by atoms with Gasteiger partial charge in [-0.2, -0.15) is 0 Å². The van der Waals surface area contributed by atoms with Gasteiger partial charge in [0.15, 0.2) is 6.67 Å². The summed E-state index contributed by atoms with van der Waals surface area (Å²) in [4.78, 5) is 12.0. The van der Waals surface area contributed by atoms with Gasteiger partial charge in [0.05, 0.1) is 12.7 Å². The number of nitrogens with zero attached hydrogens (tertiary/aromatic N) is 4. The highest BCUT2D eigenvalue weighted by atomic mass is 16.7. The first-order chi connectivity index (χ1) is 10.5. The van der Waals surface area contributed by atoms with Crippen molar-refractivity contribution < 1.29 is 9.96 Å². The molecule has 2 N–H and O–H groups in total. The number of rotatable bonds is 5. The van der Waals surface area contributed by atoms with Crippen LogP contribution in [0.25, 0.3) is 5.43 Å². The maximum atomic E-state index is 5.24. The summed E-state index contributed by atoms with van der Waals surface area (Å²) in [7, 11) is 4.18. The number of para-hydroxylation sites is 2. The predicted molar refractivity (Wildman–Crippen MR) is 86.7 cm³/mol. The molecule has 0 aliphatic carbocycles. The van der Waals surface area contributed by atoms with Crippen LogP contribution < -0.4 is 15.6 Å². The van der Waals surface area contributed by atoms with Gasteiger partial charge < -0.3 is 10.3 Å². The van der Waals surface area contributed by atoms with Gasteiger partial charge in [0.25, 0.3) is 0 Å². The molecule has 1 aromatic carbocycles. The number of benzene rings is 1. The fourth-order valence-corrected chi connectivity index (χ4v) is 2.75. The second-order valence-corrected chi connectivity index (χ2v) is 6.17. The van der Waals surface area contributed by atoms with Crippen molar-refractivity contribution in [2.24, 2.45) is 4.99 Å². The summed E-state index contributed by atoms with van der Waals surface area (Å²) in [6.45, 7) is 5.63. The number of hydroxylamine groups is 1. The fourth-order valence-electron chi connectivity index (χ4n) is 2.75. The van der Waals surface area contributed by atoms with E-state index in [9.17, 15) is 0 Å². The molecule has 0 fully saturated rings. The molecule has 2 aliphatic heterocycles. The number of fused-ring (bicyclic) bond motifs is 1. The SMILES string of the molecule is CC1=NC(C)(CCN(C)C[NH+]2[N-]c3ccccc3N2C)NO1. The first-order valence-electron chi connectivity index (χ1n) is 7.56. The van der Waals surface area contributed by atoms with Gasteiger partial charge in [0.1, 0.15) is 5.66 Å². The Morgan fingerprint density at radius 3 is 2.91 bits per heavy atom. The van der Waals surface area contributed by atoms with Gasteiger partial charge in [-0.05, 0) is 20.0 Å². The van der Waals surface area contributed by atoms with E-state index in [-0.39, 0.29) is 5.66 Å². The summed E-state index contributed by atoms with van der Waals surface area (Å²) < 4.78 is 0. The topological polar surface area (TPSA) is 58.6 Å². The molecule has 22 heavy (non-hydrogen) atoms. The first kappa shape index (κ1) is 15.1. The van der Waals surface area contributed by atoms with E-state index in [1.54, 1.807) is 0 Å². The van der Waals surface area contributed by atoms with Crippen molar-refractivity contribution in [3.63, 3.8) is 0 Å². The van der Waals surface area contributed by atoms with E-state index in [0.717, 1.165) is 30.4 Å². The van der Waals surface area contributed by atoms with Crippen molar-refractivity contribution >= 4 is 17.3 Å². The Morgan fingerprint density at radius 1 is 1.45 bits per heavy atom. The van der Waals surface area contributed by atoms with Crippen LogP contribution in [0, 0.1) is 0 Å². The molecular formula is C15H24N6O. The van der Waals surface area contributed by atoms with Crippen LogP contribution in [0.15, 0.2) is 29.3 Å². The summed E-state index contributed by atoms with van der Waals surface area (Å²) in [5.74, 6) is 0.695. The lowest BCUT2D eigenvalue weighted by Crippen LogP contribution is -3.14. The summed E-state index contributed by atoms with van der Waals surface area (Å²) in [5, 5.41) is 3.23. The fraction of sp³-hybridized carbons (Fsp3) is 0.533. The van der Waals surface area contributed by atoms with Crippen molar-refractivity contribution in [2.75, 3.05) is 32.3 Å². The van der Waals surface area contributed by atoms with Gasteiger partial charge in [-0.15, -0.1) is 5.48 Å². The molecule has 2 aliphatic rings. The molecule has 7 heteroatoms. The largest absolute Gasteiger partial charge is 0.459 e. The van der Waals surface area contributed by atoms with Crippen molar-refractivity contribution in [3.8, 4) is 0 Å². The Bertz CT molecular complexity index is 577. The van der Waals surface area contributed by atoms with Gasteiger partial charge >= 0.3 is 0 Å². The van der Waals surface area contributed by atoms with Crippen LogP contribution in [-0.2, 0) is 4.84 Å². The summed E-state index contributed by atoms with van der Waals surface area (Å²) in [5.41, 5.74) is 9.59. The molecular weight excluding hydrogens is 280 g/mol. The van der Waals surface area contributed by atoms with Crippen molar-refractivity contribution in [1.29, 1.82) is 0 Å². The lowest BCUT2D eigenvalue weighted by molar-refractivity contribution is -0.872. The predicted octanol–water partition coefficient (Wildman–Crippen LogP) is 0.805. The standard InChI is InChI=1S/C15H24N6O/c1-12-16-15(2,18-22-12)9-10-19(3)11-21-17-13-7-5-6-8-14(13)20(21)4/h5-8,18,21H,9-11H2,1-4H3. The molecule has 0 radical (unpaired) electrons. The highest BCUT2D eigenvalue weighted by Gasteiger charge is 2.30. The zero-order valence-electron chi connectivity index (χ0n) is 13.6. The number of nitrogens with one attached hydrogen (secondary N) is 2. The molecule has 2 heterocycles. The van der Waals surface area contributed by atoms with Crippen molar-refractivity contribution in [3.05, 3.63) is 29.7 Å². The Hall–Kier alpha value is -1.83. The number of hydrogen-bond acceptors (Lipinski definition) is 5. The lowest BCUT2D eigenvalue weighted by Gasteiger charge is -2.33. The van der Waals surface area contributed by atoms with Crippen LogP contribution in [-0.4, -0.2) is 43.8 Å². The molecule has 0 bridgehead atoms. The zero-order valence-corrected chi connectivity index (χ0v) is 13.6. The van der Waals surface area contributed by atoms with Crippen LogP contribution in [0.2, 0.25) is 0 Å². The molecule has 0 spiro atoms. The zero-order chi connectivity index (χ0) is 15.7. The van der Waals surface area contributed by atoms with Gasteiger partial charge in [0.2, 0.25) is 5.90 Å². The van der Waals surface area contributed by atoms with Crippen LogP contribution in [0.4, 0.5) is 11.4 Å². The van der Waals surface area contributed by atoms with E-state index in [4.69, 9.17) is 10.3 Å². The number of aliphatic imine (C=N–C) groups is 1. The lowest BCUT2D eigenvalue weighted by atomic mass is 10.1. The molecule has 120 valence electrons. The Kier molecular flexibility index (Phi) is 3.94. The third-order valence-electron chi connectivity index (χ3n) is 4.09. The Balaban J connectivity index is 1.52. The molecule has 2 unspecified atom stereocenters. The van der Waals surface area contributed by atoms with E-state index >= 15 is 0 Å². The summed E-state index contributed by atoms with van der Waals surface area (Å²) in [6.07, 6.45) is 0.880. The first-order valence-corrected chi connectivity index (χ1v) is 7.56. The molecule has 0 amide bonds. The summed E-state index contributed by atoms with van der Waals surface area (Å²) in [6, 6.07) is 8.22. The van der Waals surface area contributed by atoms with Crippen LogP contribution in [0.1, 0.15) is 20.3 Å². The normalized spacial score (nSPS) is 26.7. The molecule has 2 atom stereocenters. The summed E-state index contributed by atoms with van der Waals surface area (Å²) >= 11 is 0. The van der Waals surface area contributed by atoms with Gasteiger partial charge in [-0.3, -0.25) is 10.0 Å².